The molecule has 0 aromatic heterocycles. The molecule has 0 fully saturated rings. The summed E-state index contributed by atoms with van der Waals surface area (Å²) in [6.07, 6.45) is -0.260. The molecule has 3 N–H and O–H groups in total. The van der Waals surface area contributed by atoms with Gasteiger partial charge in [-0.15, -0.1) is 0 Å². The Balaban J connectivity index is 2.58. The van der Waals surface area contributed by atoms with Gasteiger partial charge in [-0.3, -0.25) is 4.79 Å². The summed E-state index contributed by atoms with van der Waals surface area (Å²) < 4.78 is 39.4. The van der Waals surface area contributed by atoms with Crippen LogP contribution in [0, 0.1) is 11.7 Å². The summed E-state index contributed by atoms with van der Waals surface area (Å²) >= 11 is 0. The van der Waals surface area contributed by atoms with Crippen LogP contribution >= 0.6 is 0 Å². The predicted octanol–water partition coefficient (Wildman–Crippen LogP) is 0.719. The Kier molecular flexibility index (Phi) is 6.64. The number of carbonyl (C=O) groups is 2. The molecule has 0 aliphatic carbocycles. The second-order valence-corrected chi connectivity index (χ2v) is 6.94. The maximum absolute atomic E-state index is 13.5. The maximum Gasteiger partial charge on any atom is 0.326 e. The van der Waals surface area contributed by atoms with E-state index in [1.165, 1.54) is 12.1 Å². The lowest BCUT2D eigenvalue weighted by atomic mass is 10.0. The van der Waals surface area contributed by atoms with Crippen molar-refractivity contribution in [3.8, 4) is 0 Å². The molecule has 0 heterocycles. The molecule has 1 rings (SSSR count). The topological polar surface area (TPSA) is 113 Å². The largest absolute Gasteiger partial charge is 0.480 e. The second-order valence-electron chi connectivity index (χ2n) is 5.21. The van der Waals surface area contributed by atoms with Crippen molar-refractivity contribution < 1.29 is 27.5 Å². The molecular formula is C14H19FN2O5S. The molecule has 128 valence electrons. The third-order valence-corrected chi connectivity index (χ3v) is 4.51. The van der Waals surface area contributed by atoms with E-state index in [-0.39, 0.29) is 18.9 Å². The van der Waals surface area contributed by atoms with E-state index < -0.39 is 38.7 Å². The van der Waals surface area contributed by atoms with Crippen LogP contribution in [-0.4, -0.2) is 38.0 Å². The van der Waals surface area contributed by atoms with Gasteiger partial charge in [-0.2, -0.15) is 0 Å². The average Bonchev–Trinajstić information content (AvgIpc) is 2.44. The van der Waals surface area contributed by atoms with E-state index in [0.717, 1.165) is 12.1 Å². The standard InChI is InChI=1S/C14H19FN2O5S/c1-9(2)13(14(19)20)17-12(18)7-8-16-23(21,22)11-6-4-3-5-10(11)15/h3-6,9,13,16H,7-8H2,1-2H3,(H,17,18)(H,19,20)/t13-/m0/s1. The molecule has 9 heteroatoms. The molecule has 1 aromatic carbocycles. The molecule has 1 atom stereocenters. The Morgan fingerprint density at radius 3 is 2.39 bits per heavy atom. The predicted molar refractivity (Wildman–Crippen MR) is 80.6 cm³/mol. The van der Waals surface area contributed by atoms with Crippen molar-refractivity contribution in [2.45, 2.75) is 31.2 Å². The highest BCUT2D eigenvalue weighted by atomic mass is 32.2. The van der Waals surface area contributed by atoms with Crippen LogP contribution in [0.2, 0.25) is 0 Å². The number of aliphatic carboxylic acids is 1. The highest BCUT2D eigenvalue weighted by Crippen LogP contribution is 2.12. The quantitative estimate of drug-likeness (QED) is 0.642. The molecule has 7 nitrogen and oxygen atoms in total. The van der Waals surface area contributed by atoms with Gasteiger partial charge in [0, 0.05) is 13.0 Å². The molecule has 0 unspecified atom stereocenters. The molecule has 0 aliphatic rings. The van der Waals surface area contributed by atoms with Crippen molar-refractivity contribution in [2.75, 3.05) is 6.54 Å². The van der Waals surface area contributed by atoms with Gasteiger partial charge in [0.25, 0.3) is 0 Å². The van der Waals surface area contributed by atoms with E-state index in [9.17, 15) is 22.4 Å². The molecule has 1 aromatic rings. The number of carboxylic acid groups (broad SMARTS) is 1. The van der Waals surface area contributed by atoms with Crippen LogP contribution in [0.3, 0.4) is 0 Å². The van der Waals surface area contributed by atoms with Crippen LogP contribution in [0.15, 0.2) is 29.2 Å². The van der Waals surface area contributed by atoms with E-state index in [4.69, 9.17) is 5.11 Å². The molecule has 0 bridgehead atoms. The van der Waals surface area contributed by atoms with E-state index in [0.29, 0.717) is 0 Å². The van der Waals surface area contributed by atoms with Gasteiger partial charge in [-0.25, -0.2) is 22.3 Å². The van der Waals surface area contributed by atoms with E-state index in [1.807, 2.05) is 0 Å². The molecule has 0 aliphatic heterocycles. The Bertz CT molecular complexity index is 676. The van der Waals surface area contributed by atoms with Gasteiger partial charge in [0.15, 0.2) is 0 Å². The first-order valence-corrected chi connectivity index (χ1v) is 8.40. The summed E-state index contributed by atoms with van der Waals surface area (Å²) in [6.45, 7) is 3.01. The van der Waals surface area contributed by atoms with Gasteiger partial charge in [0.2, 0.25) is 15.9 Å². The number of hydrogen-bond donors (Lipinski definition) is 3. The monoisotopic (exact) mass is 346 g/mol. The molecule has 0 saturated heterocycles. The van der Waals surface area contributed by atoms with E-state index >= 15 is 0 Å². The van der Waals surface area contributed by atoms with Crippen molar-refractivity contribution in [2.24, 2.45) is 5.92 Å². The number of carbonyl (C=O) groups excluding carboxylic acids is 1. The minimum atomic E-state index is -4.07. The summed E-state index contributed by atoms with van der Waals surface area (Å²) in [4.78, 5) is 22.1. The molecular weight excluding hydrogens is 327 g/mol. The molecule has 0 radical (unpaired) electrons. The lowest BCUT2D eigenvalue weighted by Gasteiger charge is -2.17. The summed E-state index contributed by atoms with van der Waals surface area (Å²) in [6, 6.07) is 3.81. The van der Waals surface area contributed by atoms with Gasteiger partial charge in [-0.1, -0.05) is 26.0 Å². The van der Waals surface area contributed by atoms with E-state index in [1.54, 1.807) is 13.8 Å². The Hall–Kier alpha value is -2.00. The van der Waals surface area contributed by atoms with Crippen molar-refractivity contribution in [1.82, 2.24) is 10.0 Å². The van der Waals surface area contributed by atoms with Crippen LogP contribution in [0.5, 0.6) is 0 Å². The molecule has 0 saturated carbocycles. The molecule has 0 spiro atoms. The first-order chi connectivity index (χ1) is 10.6. The summed E-state index contributed by atoms with van der Waals surface area (Å²) in [5.41, 5.74) is 0. The number of sulfonamides is 1. The average molecular weight is 346 g/mol. The third-order valence-electron chi connectivity index (χ3n) is 3.02. The fraction of sp³-hybridized carbons (Fsp3) is 0.429. The normalized spacial score (nSPS) is 12.9. The van der Waals surface area contributed by atoms with Crippen LogP contribution in [0.25, 0.3) is 0 Å². The number of carboxylic acids is 1. The fourth-order valence-corrected chi connectivity index (χ4v) is 2.91. The van der Waals surface area contributed by atoms with Crippen molar-refractivity contribution in [3.63, 3.8) is 0 Å². The number of amides is 1. The summed E-state index contributed by atoms with van der Waals surface area (Å²) in [7, 11) is -4.07. The number of nitrogens with one attached hydrogen (secondary N) is 2. The van der Waals surface area contributed by atoms with Gasteiger partial charge in [0.1, 0.15) is 16.8 Å². The third kappa shape index (κ3) is 5.61. The zero-order chi connectivity index (χ0) is 17.6. The Labute approximate surface area is 133 Å². The molecule has 23 heavy (non-hydrogen) atoms. The Morgan fingerprint density at radius 1 is 1.26 bits per heavy atom. The minimum absolute atomic E-state index is 0.260. The highest BCUT2D eigenvalue weighted by molar-refractivity contribution is 7.89. The maximum atomic E-state index is 13.5. The molecule has 1 amide bonds. The van der Waals surface area contributed by atoms with Gasteiger partial charge in [0.05, 0.1) is 0 Å². The second kappa shape index (κ2) is 8.02. The zero-order valence-corrected chi connectivity index (χ0v) is 13.6. The highest BCUT2D eigenvalue weighted by Gasteiger charge is 2.23. The van der Waals surface area contributed by atoms with Crippen molar-refractivity contribution in [1.29, 1.82) is 0 Å². The van der Waals surface area contributed by atoms with Crippen molar-refractivity contribution >= 4 is 21.9 Å². The van der Waals surface area contributed by atoms with Crippen LogP contribution in [0.4, 0.5) is 4.39 Å². The van der Waals surface area contributed by atoms with Crippen LogP contribution in [-0.2, 0) is 19.6 Å². The van der Waals surface area contributed by atoms with Crippen molar-refractivity contribution in [3.05, 3.63) is 30.1 Å². The minimum Gasteiger partial charge on any atom is -0.480 e. The van der Waals surface area contributed by atoms with E-state index in [2.05, 4.69) is 10.0 Å². The number of rotatable bonds is 8. The van der Waals surface area contributed by atoms with Gasteiger partial charge < -0.3 is 10.4 Å². The van der Waals surface area contributed by atoms with Gasteiger partial charge in [-0.05, 0) is 18.1 Å². The first kappa shape index (κ1) is 19.0. The SMILES string of the molecule is CC(C)[C@H](NC(=O)CCNS(=O)(=O)c1ccccc1F)C(=O)O. The van der Waals surface area contributed by atoms with Crippen LogP contribution in [0.1, 0.15) is 20.3 Å². The number of halogens is 1. The van der Waals surface area contributed by atoms with Crippen LogP contribution < -0.4 is 10.0 Å². The number of hydrogen-bond acceptors (Lipinski definition) is 4. The fourth-order valence-electron chi connectivity index (χ4n) is 1.80. The van der Waals surface area contributed by atoms with Gasteiger partial charge >= 0.3 is 5.97 Å². The smallest absolute Gasteiger partial charge is 0.326 e. The summed E-state index contributed by atoms with van der Waals surface area (Å²) in [5, 5.41) is 11.3. The Morgan fingerprint density at radius 2 is 1.87 bits per heavy atom. The zero-order valence-electron chi connectivity index (χ0n) is 12.7. The first-order valence-electron chi connectivity index (χ1n) is 6.91. The lowest BCUT2D eigenvalue weighted by molar-refractivity contribution is -0.143. The lowest BCUT2D eigenvalue weighted by Crippen LogP contribution is -2.45. The summed E-state index contributed by atoms with van der Waals surface area (Å²) in [5.74, 6) is -2.98. The number of benzene rings is 1.